The lowest BCUT2D eigenvalue weighted by Crippen LogP contribution is -2.20. The van der Waals surface area contributed by atoms with E-state index in [-0.39, 0.29) is 5.91 Å². The summed E-state index contributed by atoms with van der Waals surface area (Å²) in [5, 5.41) is 2.66. The summed E-state index contributed by atoms with van der Waals surface area (Å²) in [6, 6.07) is 12.0. The Morgan fingerprint density at radius 3 is 1.31 bits per heavy atom. The molecule has 1 aromatic carbocycles. The van der Waals surface area contributed by atoms with Gasteiger partial charge in [-0.05, 0) is 6.92 Å². The molecule has 16 heavy (non-hydrogen) atoms. The second kappa shape index (κ2) is 16.1. The summed E-state index contributed by atoms with van der Waals surface area (Å²) in [6.07, 6.45) is 1.84. The maximum atomic E-state index is 10.3. The van der Waals surface area contributed by atoms with Crippen molar-refractivity contribution in [2.45, 2.75) is 40.5 Å². The van der Waals surface area contributed by atoms with Gasteiger partial charge in [-0.3, -0.25) is 4.79 Å². The van der Waals surface area contributed by atoms with Gasteiger partial charge in [0, 0.05) is 13.0 Å². The first kappa shape index (κ1) is 17.1. The summed E-state index contributed by atoms with van der Waals surface area (Å²) >= 11 is 0. The van der Waals surface area contributed by atoms with Crippen LogP contribution in [0.1, 0.15) is 40.5 Å². The molecule has 0 aliphatic rings. The van der Waals surface area contributed by atoms with Crippen molar-refractivity contribution in [1.82, 2.24) is 5.32 Å². The van der Waals surface area contributed by atoms with E-state index in [0.717, 1.165) is 6.54 Å². The number of hydrogen-bond donors (Lipinski definition) is 1. The fourth-order valence-corrected chi connectivity index (χ4v) is 0.707. The normalized spacial score (nSPS) is 7.75. The highest BCUT2D eigenvalue weighted by atomic mass is 16.1. The van der Waals surface area contributed by atoms with Gasteiger partial charge < -0.3 is 5.32 Å². The molecule has 0 aliphatic carbocycles. The molecule has 0 fully saturated rings. The van der Waals surface area contributed by atoms with E-state index in [0.29, 0.717) is 6.42 Å². The molecule has 1 amide bonds. The number of carbonyl (C=O) groups is 1. The molecule has 0 unspecified atom stereocenters. The molecule has 0 aromatic heterocycles. The number of amides is 1. The summed E-state index contributed by atoms with van der Waals surface area (Å²) in [6.45, 7) is 8.74. The van der Waals surface area contributed by atoms with Crippen LogP contribution in [0.15, 0.2) is 36.4 Å². The largest absolute Gasteiger partial charge is 0.356 e. The molecule has 2 nitrogen and oxygen atoms in total. The summed E-state index contributed by atoms with van der Waals surface area (Å²) in [5.41, 5.74) is 0. The van der Waals surface area contributed by atoms with Crippen LogP contribution in [0.4, 0.5) is 0 Å². The Labute approximate surface area is 100 Å². The molecule has 0 spiro atoms. The number of rotatable bonds is 2. The van der Waals surface area contributed by atoms with Crippen LogP contribution in [0.3, 0.4) is 0 Å². The van der Waals surface area contributed by atoms with E-state index in [1.165, 1.54) is 6.42 Å². The zero-order valence-electron chi connectivity index (χ0n) is 11.0. The van der Waals surface area contributed by atoms with Crippen LogP contribution in [0.2, 0.25) is 0 Å². The molecular weight excluding hydrogens is 198 g/mol. The van der Waals surface area contributed by atoms with Gasteiger partial charge in [0.2, 0.25) is 5.91 Å². The van der Waals surface area contributed by atoms with Gasteiger partial charge in [0.15, 0.2) is 0 Å². The van der Waals surface area contributed by atoms with Crippen LogP contribution in [-0.2, 0) is 4.79 Å². The third kappa shape index (κ3) is 18.5. The molecule has 0 saturated carbocycles. The number of hydrogen-bond acceptors (Lipinski definition) is 1. The summed E-state index contributed by atoms with van der Waals surface area (Å²) in [7, 11) is 0. The molecular formula is C14H25NO. The highest BCUT2D eigenvalue weighted by Crippen LogP contribution is 1.79. The highest BCUT2D eigenvalue weighted by Gasteiger charge is 1.88. The summed E-state index contributed by atoms with van der Waals surface area (Å²) in [4.78, 5) is 10.3. The monoisotopic (exact) mass is 223 g/mol. The minimum Gasteiger partial charge on any atom is -0.356 e. The molecule has 2 heteroatoms. The first-order valence-corrected chi connectivity index (χ1v) is 5.99. The Morgan fingerprint density at radius 1 is 0.875 bits per heavy atom. The van der Waals surface area contributed by atoms with Crippen molar-refractivity contribution >= 4 is 5.91 Å². The fourth-order valence-electron chi connectivity index (χ4n) is 0.707. The van der Waals surface area contributed by atoms with Crippen LogP contribution in [-0.4, -0.2) is 12.5 Å². The predicted molar refractivity (Wildman–Crippen MR) is 71.4 cm³/mol. The van der Waals surface area contributed by atoms with Crippen molar-refractivity contribution in [1.29, 1.82) is 0 Å². The van der Waals surface area contributed by atoms with Gasteiger partial charge in [0.1, 0.15) is 0 Å². The van der Waals surface area contributed by atoms with Gasteiger partial charge in [-0.15, -0.1) is 0 Å². The second-order valence-electron chi connectivity index (χ2n) is 3.17. The topological polar surface area (TPSA) is 29.1 Å². The smallest absolute Gasteiger partial charge is 0.219 e. The molecule has 1 N–H and O–H groups in total. The maximum Gasteiger partial charge on any atom is 0.219 e. The highest BCUT2D eigenvalue weighted by molar-refractivity contribution is 5.75. The van der Waals surface area contributed by atoms with E-state index in [1.807, 2.05) is 50.2 Å². The third-order valence-corrected chi connectivity index (χ3v) is 1.36. The number of carbonyl (C=O) groups excluding carboxylic acids is 1. The van der Waals surface area contributed by atoms with Crippen molar-refractivity contribution in [3.05, 3.63) is 36.4 Å². The van der Waals surface area contributed by atoms with E-state index >= 15 is 0 Å². The van der Waals surface area contributed by atoms with E-state index < -0.39 is 0 Å². The van der Waals surface area contributed by atoms with Gasteiger partial charge in [0.25, 0.3) is 0 Å². The lowest BCUT2D eigenvalue weighted by Gasteiger charge is -1.93. The van der Waals surface area contributed by atoms with Gasteiger partial charge in [-0.25, -0.2) is 0 Å². The predicted octanol–water partition coefficient (Wildman–Crippen LogP) is 3.64. The first-order chi connectivity index (χ1) is 7.72. The molecule has 0 saturated heterocycles. The Balaban J connectivity index is 0. The van der Waals surface area contributed by atoms with Crippen molar-refractivity contribution < 1.29 is 4.79 Å². The van der Waals surface area contributed by atoms with Crippen LogP contribution >= 0.6 is 0 Å². The van der Waals surface area contributed by atoms with E-state index in [2.05, 4.69) is 19.2 Å². The number of benzene rings is 1. The number of nitrogens with one attached hydrogen (secondary N) is 1. The first-order valence-electron chi connectivity index (χ1n) is 5.99. The lowest BCUT2D eigenvalue weighted by atomic mass is 10.4. The average molecular weight is 223 g/mol. The van der Waals surface area contributed by atoms with Crippen molar-refractivity contribution in [3.63, 3.8) is 0 Å². The molecule has 0 radical (unpaired) electrons. The van der Waals surface area contributed by atoms with Crippen LogP contribution < -0.4 is 5.32 Å². The van der Waals surface area contributed by atoms with Crippen LogP contribution in [0, 0.1) is 0 Å². The SMILES string of the molecule is CCC.CCNC(=O)CC.c1ccccc1. The van der Waals surface area contributed by atoms with Crippen LogP contribution in [0.25, 0.3) is 0 Å². The Bertz CT molecular complexity index is 195. The summed E-state index contributed by atoms with van der Waals surface area (Å²) in [5.74, 6) is 0.127. The Kier molecular flexibility index (Phi) is 17.2. The molecule has 0 bridgehead atoms. The van der Waals surface area contributed by atoms with Crippen LogP contribution in [0.5, 0.6) is 0 Å². The molecule has 0 heterocycles. The van der Waals surface area contributed by atoms with Crippen molar-refractivity contribution in [2.24, 2.45) is 0 Å². The molecule has 1 rings (SSSR count). The summed E-state index contributed by atoms with van der Waals surface area (Å²) < 4.78 is 0. The Morgan fingerprint density at radius 2 is 1.19 bits per heavy atom. The second-order valence-corrected chi connectivity index (χ2v) is 3.17. The van der Waals surface area contributed by atoms with Crippen molar-refractivity contribution in [3.8, 4) is 0 Å². The quantitative estimate of drug-likeness (QED) is 0.815. The third-order valence-electron chi connectivity index (χ3n) is 1.36. The average Bonchev–Trinajstić information content (AvgIpc) is 2.33. The van der Waals surface area contributed by atoms with E-state index in [4.69, 9.17) is 0 Å². The van der Waals surface area contributed by atoms with Gasteiger partial charge in [-0.2, -0.15) is 0 Å². The van der Waals surface area contributed by atoms with E-state index in [9.17, 15) is 4.79 Å². The van der Waals surface area contributed by atoms with Gasteiger partial charge >= 0.3 is 0 Å². The maximum absolute atomic E-state index is 10.3. The molecule has 92 valence electrons. The molecule has 0 atom stereocenters. The molecule has 1 aromatic rings. The van der Waals surface area contributed by atoms with Crippen molar-refractivity contribution in [2.75, 3.05) is 6.54 Å². The minimum atomic E-state index is 0.127. The Hall–Kier alpha value is -1.31. The van der Waals surface area contributed by atoms with Gasteiger partial charge in [0.05, 0.1) is 0 Å². The zero-order valence-corrected chi connectivity index (χ0v) is 11.0. The zero-order chi connectivity index (χ0) is 12.6. The standard InChI is InChI=1S/C6H6.C5H11NO.C3H8/c1-2-4-6-5-3-1;1-3-5(7)6-4-2;1-3-2/h1-6H;3-4H2,1-2H3,(H,6,7);3H2,1-2H3. The lowest BCUT2D eigenvalue weighted by molar-refractivity contribution is -0.120. The minimum absolute atomic E-state index is 0.127. The van der Waals surface area contributed by atoms with E-state index in [1.54, 1.807) is 0 Å². The fraction of sp³-hybridized carbons (Fsp3) is 0.500. The van der Waals surface area contributed by atoms with Gasteiger partial charge in [-0.1, -0.05) is 63.6 Å². The molecule has 0 aliphatic heterocycles.